The standard InChI is InChI=1S/C15H10BrFN4OS/c16-10-5-6-13(22)9(7-10)8-18-21-14(19-20-15(21)23)11-3-1-2-4-12(11)17/h1-8,22H,(H,20,23). The first-order valence-electron chi connectivity index (χ1n) is 6.51. The number of phenolic OH excluding ortho intramolecular Hbond substituents is 1. The number of benzene rings is 2. The van der Waals surface area contributed by atoms with Crippen molar-refractivity contribution in [1.29, 1.82) is 0 Å². The van der Waals surface area contributed by atoms with Crippen LogP contribution in [-0.2, 0) is 0 Å². The molecule has 0 aliphatic heterocycles. The molecule has 1 aromatic heterocycles. The molecule has 0 saturated carbocycles. The van der Waals surface area contributed by atoms with Crippen LogP contribution >= 0.6 is 28.1 Å². The van der Waals surface area contributed by atoms with E-state index >= 15 is 0 Å². The van der Waals surface area contributed by atoms with E-state index < -0.39 is 5.82 Å². The number of aromatic hydroxyl groups is 1. The Bertz CT molecular complexity index is 951. The molecule has 0 saturated heterocycles. The highest BCUT2D eigenvalue weighted by molar-refractivity contribution is 9.10. The first-order chi connectivity index (χ1) is 11.1. The van der Waals surface area contributed by atoms with Crippen molar-refractivity contribution < 1.29 is 9.50 Å². The maximum Gasteiger partial charge on any atom is 0.216 e. The van der Waals surface area contributed by atoms with Gasteiger partial charge in [-0.15, -0.1) is 0 Å². The van der Waals surface area contributed by atoms with E-state index in [0.29, 0.717) is 5.56 Å². The van der Waals surface area contributed by atoms with Crippen molar-refractivity contribution in [2.45, 2.75) is 0 Å². The number of hydrogen-bond acceptors (Lipinski definition) is 4. The van der Waals surface area contributed by atoms with E-state index in [4.69, 9.17) is 12.2 Å². The molecule has 0 fully saturated rings. The number of rotatable bonds is 3. The number of nitrogens with zero attached hydrogens (tertiary/aromatic N) is 3. The van der Waals surface area contributed by atoms with Gasteiger partial charge in [0.1, 0.15) is 11.6 Å². The predicted octanol–water partition coefficient (Wildman–Crippen LogP) is 4.10. The minimum absolute atomic E-state index is 0.0689. The molecule has 23 heavy (non-hydrogen) atoms. The number of aromatic amines is 1. The lowest BCUT2D eigenvalue weighted by molar-refractivity contribution is 0.474. The first-order valence-corrected chi connectivity index (χ1v) is 7.71. The van der Waals surface area contributed by atoms with E-state index in [-0.39, 0.29) is 21.9 Å². The number of hydrogen-bond donors (Lipinski definition) is 2. The second-order valence-electron chi connectivity index (χ2n) is 4.59. The number of H-pyrrole nitrogens is 1. The molecule has 2 aromatic carbocycles. The van der Waals surface area contributed by atoms with Gasteiger partial charge in [0.25, 0.3) is 0 Å². The lowest BCUT2D eigenvalue weighted by Crippen LogP contribution is -1.97. The fourth-order valence-electron chi connectivity index (χ4n) is 1.96. The highest BCUT2D eigenvalue weighted by Gasteiger charge is 2.12. The normalized spacial score (nSPS) is 11.2. The molecular weight excluding hydrogens is 383 g/mol. The quantitative estimate of drug-likeness (QED) is 0.520. The van der Waals surface area contributed by atoms with Gasteiger partial charge in [-0.3, -0.25) is 0 Å². The average molecular weight is 393 g/mol. The topological polar surface area (TPSA) is 66.2 Å². The Morgan fingerprint density at radius 2 is 2.09 bits per heavy atom. The van der Waals surface area contributed by atoms with E-state index in [9.17, 15) is 9.50 Å². The summed E-state index contributed by atoms with van der Waals surface area (Å²) in [5, 5.41) is 20.6. The van der Waals surface area contributed by atoms with Crippen LogP contribution in [0.3, 0.4) is 0 Å². The molecule has 2 N–H and O–H groups in total. The Kier molecular flexibility index (Phi) is 4.35. The summed E-state index contributed by atoms with van der Waals surface area (Å²) in [5.41, 5.74) is 0.762. The summed E-state index contributed by atoms with van der Waals surface area (Å²) in [6.07, 6.45) is 1.43. The molecular formula is C15H10BrFN4OS. The molecule has 0 amide bonds. The highest BCUT2D eigenvalue weighted by Crippen LogP contribution is 2.22. The summed E-state index contributed by atoms with van der Waals surface area (Å²) in [6, 6.07) is 11.2. The van der Waals surface area contributed by atoms with Crippen LogP contribution in [0, 0.1) is 10.6 Å². The summed E-state index contributed by atoms with van der Waals surface area (Å²) >= 11 is 8.45. The van der Waals surface area contributed by atoms with Crippen molar-refractivity contribution >= 4 is 34.4 Å². The van der Waals surface area contributed by atoms with Crippen LogP contribution in [0.5, 0.6) is 5.75 Å². The lowest BCUT2D eigenvalue weighted by Gasteiger charge is -2.03. The van der Waals surface area contributed by atoms with Crippen LogP contribution in [0.1, 0.15) is 5.56 Å². The SMILES string of the molecule is Oc1ccc(Br)cc1C=Nn1c(-c2ccccc2F)n[nH]c1=S. The highest BCUT2D eigenvalue weighted by atomic mass is 79.9. The average Bonchev–Trinajstić information content (AvgIpc) is 2.89. The van der Waals surface area contributed by atoms with Crippen LogP contribution < -0.4 is 0 Å². The molecule has 0 aliphatic rings. The van der Waals surface area contributed by atoms with Crippen molar-refractivity contribution in [3.05, 3.63) is 63.1 Å². The van der Waals surface area contributed by atoms with Gasteiger partial charge in [-0.2, -0.15) is 14.9 Å². The summed E-state index contributed by atoms with van der Waals surface area (Å²) in [5.74, 6) is -0.110. The second-order valence-corrected chi connectivity index (χ2v) is 5.89. The molecule has 0 aliphatic carbocycles. The van der Waals surface area contributed by atoms with Gasteiger partial charge >= 0.3 is 0 Å². The van der Waals surface area contributed by atoms with E-state index in [0.717, 1.165) is 4.47 Å². The van der Waals surface area contributed by atoms with Gasteiger partial charge in [-0.25, -0.2) is 9.49 Å². The Morgan fingerprint density at radius 3 is 2.87 bits per heavy atom. The third-order valence-electron chi connectivity index (χ3n) is 3.07. The van der Waals surface area contributed by atoms with Crippen molar-refractivity contribution in [3.8, 4) is 17.1 Å². The Hall–Kier alpha value is -2.32. The molecule has 0 radical (unpaired) electrons. The fourth-order valence-corrected chi connectivity index (χ4v) is 2.52. The zero-order valence-corrected chi connectivity index (χ0v) is 14.0. The van der Waals surface area contributed by atoms with Crippen molar-refractivity contribution in [3.63, 3.8) is 0 Å². The lowest BCUT2D eigenvalue weighted by atomic mass is 10.2. The zero-order chi connectivity index (χ0) is 16.4. The summed E-state index contributed by atoms with van der Waals surface area (Å²) in [6.45, 7) is 0. The number of nitrogens with one attached hydrogen (secondary N) is 1. The maximum atomic E-state index is 13.9. The summed E-state index contributed by atoms with van der Waals surface area (Å²) in [7, 11) is 0. The molecule has 0 unspecified atom stereocenters. The third kappa shape index (κ3) is 3.22. The Labute approximate surface area is 144 Å². The molecule has 0 atom stereocenters. The summed E-state index contributed by atoms with van der Waals surface area (Å²) in [4.78, 5) is 0. The van der Waals surface area contributed by atoms with Gasteiger partial charge in [0.15, 0.2) is 5.82 Å². The van der Waals surface area contributed by atoms with Gasteiger partial charge in [-0.1, -0.05) is 28.1 Å². The third-order valence-corrected chi connectivity index (χ3v) is 3.82. The number of halogens is 2. The van der Waals surface area contributed by atoms with Gasteiger partial charge in [0.05, 0.1) is 11.8 Å². The molecule has 116 valence electrons. The van der Waals surface area contributed by atoms with Crippen molar-refractivity contribution in [1.82, 2.24) is 14.9 Å². The van der Waals surface area contributed by atoms with Crippen molar-refractivity contribution in [2.75, 3.05) is 0 Å². The molecule has 3 aromatic rings. The van der Waals surface area contributed by atoms with E-state index in [1.54, 1.807) is 30.3 Å². The molecule has 0 spiro atoms. The van der Waals surface area contributed by atoms with Gasteiger partial charge in [0.2, 0.25) is 4.77 Å². The predicted molar refractivity (Wildman–Crippen MR) is 91.6 cm³/mol. The molecule has 5 nitrogen and oxygen atoms in total. The number of aromatic nitrogens is 3. The minimum atomic E-state index is -0.428. The first kappa shape index (κ1) is 15.6. The fraction of sp³-hybridized carbons (Fsp3) is 0. The smallest absolute Gasteiger partial charge is 0.216 e. The monoisotopic (exact) mass is 392 g/mol. The molecule has 0 bridgehead atoms. The second kappa shape index (κ2) is 6.43. The van der Waals surface area contributed by atoms with Crippen LogP contribution in [0.15, 0.2) is 52.0 Å². The van der Waals surface area contributed by atoms with Gasteiger partial charge in [-0.05, 0) is 42.5 Å². The largest absolute Gasteiger partial charge is 0.507 e. The Balaban J connectivity index is 2.06. The van der Waals surface area contributed by atoms with E-state index in [1.807, 2.05) is 0 Å². The van der Waals surface area contributed by atoms with Crippen LogP contribution in [-0.4, -0.2) is 26.2 Å². The van der Waals surface area contributed by atoms with Gasteiger partial charge in [0, 0.05) is 10.0 Å². The van der Waals surface area contributed by atoms with E-state index in [1.165, 1.54) is 23.0 Å². The van der Waals surface area contributed by atoms with Crippen LogP contribution in [0.4, 0.5) is 4.39 Å². The molecule has 3 rings (SSSR count). The van der Waals surface area contributed by atoms with Crippen LogP contribution in [0.2, 0.25) is 0 Å². The van der Waals surface area contributed by atoms with Crippen molar-refractivity contribution in [2.24, 2.45) is 5.10 Å². The Morgan fingerprint density at radius 1 is 1.30 bits per heavy atom. The molecule has 1 heterocycles. The number of phenols is 1. The maximum absolute atomic E-state index is 13.9. The van der Waals surface area contributed by atoms with Gasteiger partial charge < -0.3 is 5.11 Å². The van der Waals surface area contributed by atoms with Crippen LogP contribution in [0.25, 0.3) is 11.4 Å². The minimum Gasteiger partial charge on any atom is -0.507 e. The molecule has 8 heteroatoms. The summed E-state index contributed by atoms with van der Waals surface area (Å²) < 4.78 is 16.3. The zero-order valence-electron chi connectivity index (χ0n) is 11.6. The van der Waals surface area contributed by atoms with E-state index in [2.05, 4.69) is 31.2 Å².